The number of carbonyl (C=O) groups is 2. The number of hydrogen-bond donors (Lipinski definition) is 1. The van der Waals surface area contributed by atoms with Crippen LogP contribution in [0.5, 0.6) is 0 Å². The maximum Gasteiger partial charge on any atom is 0.342 e. The molecule has 1 fully saturated rings. The maximum atomic E-state index is 12.4. The number of ether oxygens (including phenoxy) is 1. The van der Waals surface area contributed by atoms with E-state index in [0.717, 1.165) is 31.4 Å². The van der Waals surface area contributed by atoms with Gasteiger partial charge < -0.3 is 10.1 Å². The smallest absolute Gasteiger partial charge is 0.342 e. The second-order valence-electron chi connectivity index (χ2n) is 6.42. The summed E-state index contributed by atoms with van der Waals surface area (Å²) in [6, 6.07) is 9.81. The molecule has 0 aliphatic heterocycles. The van der Waals surface area contributed by atoms with Crippen LogP contribution in [0.2, 0.25) is 0 Å². The Bertz CT molecular complexity index is 762. The first kappa shape index (κ1) is 17.2. The van der Waals surface area contributed by atoms with Crippen molar-refractivity contribution in [3.8, 4) is 5.69 Å². The number of benzene rings is 1. The summed E-state index contributed by atoms with van der Waals surface area (Å²) >= 11 is 0. The standard InChI is InChI=1S/C19H23N3O3/c1-13-18(14(2)22(21-13)16-10-4-3-5-11-16)19(24)25-12-17(23)20-15-8-6-7-9-15/h3-5,10-11,15H,6-9,12H2,1-2H3,(H,20,23). The lowest BCUT2D eigenvalue weighted by Crippen LogP contribution is -2.36. The number of aryl methyl sites for hydroxylation is 1. The van der Waals surface area contributed by atoms with Crippen LogP contribution < -0.4 is 5.32 Å². The van der Waals surface area contributed by atoms with Gasteiger partial charge in [-0.3, -0.25) is 4.79 Å². The molecule has 2 aromatic rings. The summed E-state index contributed by atoms with van der Waals surface area (Å²) in [5.41, 5.74) is 2.58. The zero-order valence-electron chi connectivity index (χ0n) is 14.6. The molecule has 6 heteroatoms. The van der Waals surface area contributed by atoms with E-state index < -0.39 is 5.97 Å². The summed E-state index contributed by atoms with van der Waals surface area (Å²) in [5.74, 6) is -0.759. The number of amides is 1. The normalized spacial score (nSPS) is 14.5. The Labute approximate surface area is 147 Å². The molecule has 1 amide bonds. The minimum atomic E-state index is -0.515. The lowest BCUT2D eigenvalue weighted by molar-refractivity contribution is -0.124. The molecular formula is C19H23N3O3. The van der Waals surface area contributed by atoms with Gasteiger partial charge in [0, 0.05) is 6.04 Å². The number of esters is 1. The fourth-order valence-corrected chi connectivity index (χ4v) is 3.30. The number of para-hydroxylation sites is 1. The molecule has 0 spiro atoms. The Morgan fingerprint density at radius 1 is 1.20 bits per heavy atom. The van der Waals surface area contributed by atoms with E-state index in [1.807, 2.05) is 37.3 Å². The molecule has 1 aromatic carbocycles. The molecule has 3 rings (SSSR count). The average Bonchev–Trinajstić information content (AvgIpc) is 3.21. The third kappa shape index (κ3) is 3.90. The summed E-state index contributed by atoms with van der Waals surface area (Å²) in [4.78, 5) is 24.3. The third-order valence-electron chi connectivity index (χ3n) is 4.55. The van der Waals surface area contributed by atoms with Gasteiger partial charge >= 0.3 is 5.97 Å². The van der Waals surface area contributed by atoms with Gasteiger partial charge in [-0.15, -0.1) is 0 Å². The van der Waals surface area contributed by atoms with E-state index in [1.165, 1.54) is 0 Å². The minimum absolute atomic E-state index is 0.218. The van der Waals surface area contributed by atoms with Crippen LogP contribution in [0.4, 0.5) is 0 Å². The zero-order chi connectivity index (χ0) is 17.8. The predicted octanol–water partition coefficient (Wildman–Crippen LogP) is 2.70. The first-order valence-corrected chi connectivity index (χ1v) is 8.64. The van der Waals surface area contributed by atoms with Crippen LogP contribution in [-0.2, 0) is 9.53 Å². The molecule has 132 valence electrons. The van der Waals surface area contributed by atoms with Crippen molar-refractivity contribution in [1.29, 1.82) is 0 Å². The highest BCUT2D eigenvalue weighted by atomic mass is 16.5. The zero-order valence-corrected chi connectivity index (χ0v) is 14.6. The van der Waals surface area contributed by atoms with Crippen molar-refractivity contribution >= 4 is 11.9 Å². The molecule has 1 aliphatic carbocycles. The number of aromatic nitrogens is 2. The maximum absolute atomic E-state index is 12.4. The number of nitrogens with one attached hydrogen (secondary N) is 1. The van der Waals surface area contributed by atoms with Crippen LogP contribution in [0.3, 0.4) is 0 Å². The molecule has 0 atom stereocenters. The van der Waals surface area contributed by atoms with Gasteiger partial charge in [-0.25, -0.2) is 9.48 Å². The largest absolute Gasteiger partial charge is 0.452 e. The molecule has 25 heavy (non-hydrogen) atoms. The lowest BCUT2D eigenvalue weighted by atomic mass is 10.2. The lowest BCUT2D eigenvalue weighted by Gasteiger charge is -2.12. The van der Waals surface area contributed by atoms with Gasteiger partial charge in [-0.1, -0.05) is 31.0 Å². The molecule has 0 unspecified atom stereocenters. The van der Waals surface area contributed by atoms with E-state index in [0.29, 0.717) is 17.0 Å². The number of hydrogen-bond acceptors (Lipinski definition) is 4. The second kappa shape index (κ2) is 7.51. The number of nitrogens with zero attached hydrogens (tertiary/aromatic N) is 2. The van der Waals surface area contributed by atoms with E-state index in [-0.39, 0.29) is 18.6 Å². The number of rotatable bonds is 5. The Balaban J connectivity index is 1.66. The Kier molecular flexibility index (Phi) is 5.16. The van der Waals surface area contributed by atoms with Crippen molar-refractivity contribution in [3.63, 3.8) is 0 Å². The first-order valence-electron chi connectivity index (χ1n) is 8.64. The van der Waals surface area contributed by atoms with Gasteiger partial charge in [0.05, 0.1) is 17.1 Å². The van der Waals surface area contributed by atoms with Crippen molar-refractivity contribution in [3.05, 3.63) is 47.3 Å². The highest BCUT2D eigenvalue weighted by Crippen LogP contribution is 2.19. The van der Waals surface area contributed by atoms with E-state index in [9.17, 15) is 9.59 Å². The summed E-state index contributed by atoms with van der Waals surface area (Å²) in [5, 5.41) is 7.34. The van der Waals surface area contributed by atoms with Crippen LogP contribution >= 0.6 is 0 Å². The minimum Gasteiger partial charge on any atom is -0.452 e. The Morgan fingerprint density at radius 3 is 2.56 bits per heavy atom. The third-order valence-corrected chi connectivity index (χ3v) is 4.55. The average molecular weight is 341 g/mol. The predicted molar refractivity (Wildman–Crippen MR) is 93.7 cm³/mol. The second-order valence-corrected chi connectivity index (χ2v) is 6.42. The summed E-state index contributed by atoms with van der Waals surface area (Å²) in [6.07, 6.45) is 4.28. The summed E-state index contributed by atoms with van der Waals surface area (Å²) < 4.78 is 6.92. The summed E-state index contributed by atoms with van der Waals surface area (Å²) in [7, 11) is 0. The quantitative estimate of drug-likeness (QED) is 0.849. The van der Waals surface area contributed by atoms with Gasteiger partial charge in [-0.2, -0.15) is 5.10 Å². The van der Waals surface area contributed by atoms with Crippen molar-refractivity contribution in [1.82, 2.24) is 15.1 Å². The molecule has 1 N–H and O–H groups in total. The van der Waals surface area contributed by atoms with E-state index in [4.69, 9.17) is 4.74 Å². The Morgan fingerprint density at radius 2 is 1.88 bits per heavy atom. The van der Waals surface area contributed by atoms with Crippen LogP contribution in [0.25, 0.3) is 5.69 Å². The van der Waals surface area contributed by atoms with E-state index in [2.05, 4.69) is 10.4 Å². The molecular weight excluding hydrogens is 318 g/mol. The van der Waals surface area contributed by atoms with Crippen molar-refractivity contribution in [2.45, 2.75) is 45.6 Å². The number of carbonyl (C=O) groups excluding carboxylic acids is 2. The molecule has 1 heterocycles. The van der Waals surface area contributed by atoms with E-state index in [1.54, 1.807) is 11.6 Å². The van der Waals surface area contributed by atoms with Gasteiger partial charge in [0.25, 0.3) is 5.91 Å². The van der Waals surface area contributed by atoms with Crippen molar-refractivity contribution < 1.29 is 14.3 Å². The fourth-order valence-electron chi connectivity index (χ4n) is 3.30. The summed E-state index contributed by atoms with van der Waals surface area (Å²) in [6.45, 7) is 3.33. The molecule has 1 saturated carbocycles. The monoisotopic (exact) mass is 341 g/mol. The Hall–Kier alpha value is -2.63. The topological polar surface area (TPSA) is 73.2 Å². The highest BCUT2D eigenvalue weighted by molar-refractivity contribution is 5.93. The van der Waals surface area contributed by atoms with Crippen LogP contribution in [0.1, 0.15) is 47.4 Å². The van der Waals surface area contributed by atoms with Crippen molar-refractivity contribution in [2.75, 3.05) is 6.61 Å². The van der Waals surface area contributed by atoms with Crippen LogP contribution in [0.15, 0.2) is 30.3 Å². The molecule has 6 nitrogen and oxygen atoms in total. The van der Waals surface area contributed by atoms with Gasteiger partial charge in [0.15, 0.2) is 6.61 Å². The van der Waals surface area contributed by atoms with Gasteiger partial charge in [0.1, 0.15) is 5.56 Å². The highest BCUT2D eigenvalue weighted by Gasteiger charge is 2.22. The van der Waals surface area contributed by atoms with E-state index >= 15 is 0 Å². The van der Waals surface area contributed by atoms with Gasteiger partial charge in [-0.05, 0) is 38.8 Å². The van der Waals surface area contributed by atoms with Crippen molar-refractivity contribution in [2.24, 2.45) is 0 Å². The molecule has 1 aliphatic rings. The van der Waals surface area contributed by atoms with Crippen LogP contribution in [0, 0.1) is 13.8 Å². The van der Waals surface area contributed by atoms with Crippen LogP contribution in [-0.4, -0.2) is 34.3 Å². The molecule has 0 saturated heterocycles. The fraction of sp³-hybridized carbons (Fsp3) is 0.421. The molecule has 0 bridgehead atoms. The molecule has 1 aromatic heterocycles. The first-order chi connectivity index (χ1) is 12.1. The van der Waals surface area contributed by atoms with Gasteiger partial charge in [0.2, 0.25) is 0 Å². The molecule has 0 radical (unpaired) electrons. The SMILES string of the molecule is Cc1nn(-c2ccccc2)c(C)c1C(=O)OCC(=O)NC1CCCC1.